The maximum absolute atomic E-state index is 2.80. The van der Waals surface area contributed by atoms with Crippen LogP contribution in [0, 0.1) is 0 Å². The van der Waals surface area contributed by atoms with E-state index in [-0.39, 0.29) is 23.1 Å². The van der Waals surface area contributed by atoms with E-state index in [4.69, 9.17) is 0 Å². The van der Waals surface area contributed by atoms with Crippen molar-refractivity contribution in [2.24, 2.45) is 0 Å². The third kappa shape index (κ3) is 5.91. The summed E-state index contributed by atoms with van der Waals surface area (Å²) in [6, 6.07) is 76.0. The van der Waals surface area contributed by atoms with Gasteiger partial charge in [-0.1, -0.05) is 206 Å². The number of anilines is 5. The fourth-order valence-corrected chi connectivity index (χ4v) is 13.4. The van der Waals surface area contributed by atoms with Crippen LogP contribution < -0.4 is 20.7 Å². The number of benzene rings is 9. The van der Waals surface area contributed by atoms with Crippen LogP contribution >= 0.6 is 0 Å². The molecule has 0 atom stereocenters. The molecular weight excluding hydrogens is 858 g/mol. The third-order valence-electron chi connectivity index (χ3n) is 16.8. The van der Waals surface area contributed by atoms with Crippen molar-refractivity contribution in [3.8, 4) is 44.6 Å². The van der Waals surface area contributed by atoms with Crippen LogP contribution in [0.15, 0.2) is 200 Å². The Morgan fingerprint density at radius 1 is 0.479 bits per heavy atom. The average molecular weight is 914 g/mol. The fourth-order valence-electron chi connectivity index (χ4n) is 13.4. The monoisotopic (exact) mass is 913 g/mol. The Labute approximate surface area is 418 Å². The van der Waals surface area contributed by atoms with E-state index in [9.17, 15) is 0 Å². The lowest BCUT2D eigenvalue weighted by molar-refractivity contribution is 0.590. The number of nitrogens with zero attached hydrogens (tertiary/aromatic N) is 3. The van der Waals surface area contributed by atoms with Crippen molar-refractivity contribution in [3.05, 3.63) is 234 Å². The fraction of sp³-hybridized carbons (Fsp3) is 0.164. The second-order valence-corrected chi connectivity index (χ2v) is 22.5. The van der Waals surface area contributed by atoms with Crippen LogP contribution in [0.2, 0.25) is 0 Å². The molecule has 3 heterocycles. The summed E-state index contributed by atoms with van der Waals surface area (Å²) in [5, 5.41) is 1.35. The van der Waals surface area contributed by atoms with Crippen LogP contribution in [0.5, 0.6) is 0 Å². The Bertz CT molecular complexity index is 3800. The first-order chi connectivity index (χ1) is 34.4. The molecule has 71 heavy (non-hydrogen) atoms. The zero-order valence-corrected chi connectivity index (χ0v) is 41.7. The topological polar surface area (TPSA) is 11.4 Å². The Morgan fingerprint density at radius 2 is 1.10 bits per heavy atom. The van der Waals surface area contributed by atoms with Crippen molar-refractivity contribution < 1.29 is 0 Å². The average Bonchev–Trinajstić information content (AvgIpc) is 3.95. The van der Waals surface area contributed by atoms with E-state index in [0.29, 0.717) is 6.54 Å². The van der Waals surface area contributed by atoms with Gasteiger partial charge in [0, 0.05) is 73.5 Å². The van der Waals surface area contributed by atoms with Crippen LogP contribution in [0.1, 0.15) is 81.8 Å². The van der Waals surface area contributed by atoms with Gasteiger partial charge >= 0.3 is 6.85 Å². The molecular formula is C67H56BN3. The molecule has 0 spiro atoms. The maximum Gasteiger partial charge on any atom is 0.333 e. The van der Waals surface area contributed by atoms with Crippen molar-refractivity contribution in [2.45, 2.75) is 71.3 Å². The summed E-state index contributed by atoms with van der Waals surface area (Å²) in [4.78, 5) is 5.18. The summed E-state index contributed by atoms with van der Waals surface area (Å²) in [5.74, 6) is 0. The second kappa shape index (κ2) is 14.9. The van der Waals surface area contributed by atoms with Crippen molar-refractivity contribution >= 4 is 57.1 Å². The predicted molar refractivity (Wildman–Crippen MR) is 300 cm³/mol. The largest absolute Gasteiger partial charge is 0.375 e. The van der Waals surface area contributed by atoms with Crippen molar-refractivity contribution in [1.29, 1.82) is 0 Å². The molecule has 2 aliphatic heterocycles. The van der Waals surface area contributed by atoms with E-state index >= 15 is 0 Å². The predicted octanol–water partition coefficient (Wildman–Crippen LogP) is 16.0. The number of aromatic nitrogens is 1. The van der Waals surface area contributed by atoms with Gasteiger partial charge in [0.25, 0.3) is 0 Å². The van der Waals surface area contributed by atoms with Gasteiger partial charge in [0.15, 0.2) is 0 Å². The van der Waals surface area contributed by atoms with E-state index in [2.05, 4.69) is 263 Å². The number of para-hydroxylation sites is 3. The van der Waals surface area contributed by atoms with Crippen LogP contribution in [-0.2, 0) is 22.8 Å². The lowest BCUT2D eigenvalue weighted by atomic mass is 9.44. The van der Waals surface area contributed by atoms with E-state index < -0.39 is 0 Å². The quantitative estimate of drug-likeness (QED) is 0.154. The van der Waals surface area contributed by atoms with Gasteiger partial charge in [-0.05, 0) is 120 Å². The van der Waals surface area contributed by atoms with Crippen molar-refractivity contribution in [3.63, 3.8) is 0 Å². The normalized spacial score (nSPS) is 14.9. The van der Waals surface area contributed by atoms with Gasteiger partial charge in [-0.2, -0.15) is 0 Å². The first-order valence-electron chi connectivity index (χ1n) is 25.5. The summed E-state index contributed by atoms with van der Waals surface area (Å²) in [5.41, 5.74) is 28.3. The zero-order valence-electron chi connectivity index (χ0n) is 41.7. The summed E-state index contributed by atoms with van der Waals surface area (Å²) in [6.45, 7) is 17.3. The number of fused-ring (bicyclic) bond motifs is 12. The minimum atomic E-state index is -0.190. The molecule has 0 radical (unpaired) electrons. The molecule has 3 nitrogen and oxygen atoms in total. The zero-order chi connectivity index (χ0) is 48.1. The second-order valence-electron chi connectivity index (χ2n) is 22.5. The number of hydrogen-bond donors (Lipinski definition) is 0. The minimum Gasteiger partial charge on any atom is -0.375 e. The van der Waals surface area contributed by atoms with Crippen LogP contribution in [-0.4, -0.2) is 11.3 Å². The molecule has 14 rings (SSSR count). The summed E-state index contributed by atoms with van der Waals surface area (Å²) in [6.07, 6.45) is 0. The first kappa shape index (κ1) is 42.1. The standard InChI is InChI=1S/C67H56BN3/c1-65(2,3)44-35-34-43(52(36-44)42-22-11-8-12-23-42)41-69-59-40-57-53(48-28-17-19-32-55(48)66(57,4)5)39-58(59)68-62-54(37-47(38-60(62)69)70(45-24-13-9-14-25-45)46-26-15-10-16-27-46)49-30-21-31-51-61-64(71(68)63(49)51)50-29-18-20-33-56(50)67(61,6)7/h8-40H,41H2,1-7H3. The summed E-state index contributed by atoms with van der Waals surface area (Å²) in [7, 11) is 0. The molecule has 342 valence electrons. The van der Waals surface area contributed by atoms with Gasteiger partial charge in [0.2, 0.25) is 0 Å². The van der Waals surface area contributed by atoms with Gasteiger partial charge in [0.05, 0.1) is 0 Å². The first-order valence-corrected chi connectivity index (χ1v) is 25.5. The van der Waals surface area contributed by atoms with E-state index in [0.717, 1.165) is 17.1 Å². The smallest absolute Gasteiger partial charge is 0.333 e. The van der Waals surface area contributed by atoms with E-state index in [1.54, 1.807) is 0 Å². The number of rotatable bonds is 6. The molecule has 2 aliphatic carbocycles. The van der Waals surface area contributed by atoms with Gasteiger partial charge in [0.1, 0.15) is 0 Å². The SMILES string of the molecule is CC(C)(C)c1ccc(CN2c3cc4c(cc3B3c5c(cc(N(c6ccccc6)c6ccccc6)cc52)-c2cccc5c6c(n3c25)-c2ccccc2C6(C)C)-c2ccccc2C4(C)C)c(-c2ccccc2)c1. The van der Waals surface area contributed by atoms with E-state index in [1.807, 2.05) is 0 Å². The van der Waals surface area contributed by atoms with E-state index in [1.165, 1.54) is 111 Å². The van der Waals surface area contributed by atoms with Gasteiger partial charge in [-0.15, -0.1) is 0 Å². The summed E-state index contributed by atoms with van der Waals surface area (Å²) >= 11 is 0. The van der Waals surface area contributed by atoms with Crippen LogP contribution in [0.3, 0.4) is 0 Å². The third-order valence-corrected chi connectivity index (χ3v) is 16.8. The highest BCUT2D eigenvalue weighted by Crippen LogP contribution is 2.57. The molecule has 0 amide bonds. The molecule has 0 unspecified atom stereocenters. The lowest BCUT2D eigenvalue weighted by Gasteiger charge is -2.42. The highest BCUT2D eigenvalue weighted by Gasteiger charge is 2.49. The molecule has 0 bridgehead atoms. The molecule has 0 saturated heterocycles. The molecule has 0 N–H and O–H groups in total. The number of hydrogen-bond acceptors (Lipinski definition) is 2. The van der Waals surface area contributed by atoms with Crippen molar-refractivity contribution in [1.82, 2.24) is 4.48 Å². The van der Waals surface area contributed by atoms with Crippen LogP contribution in [0.4, 0.5) is 28.4 Å². The molecule has 1 aromatic heterocycles. The molecule has 10 aromatic rings. The maximum atomic E-state index is 2.80. The summed E-state index contributed by atoms with van der Waals surface area (Å²) < 4.78 is 2.80. The molecule has 9 aromatic carbocycles. The minimum absolute atomic E-state index is 0.0111. The molecule has 0 fully saturated rings. The molecule has 4 aliphatic rings. The molecule has 4 heteroatoms. The van der Waals surface area contributed by atoms with Crippen LogP contribution in [0.25, 0.3) is 55.5 Å². The molecule has 0 saturated carbocycles. The van der Waals surface area contributed by atoms with Crippen molar-refractivity contribution in [2.75, 3.05) is 9.80 Å². The van der Waals surface area contributed by atoms with Gasteiger partial charge < -0.3 is 14.3 Å². The highest BCUT2D eigenvalue weighted by molar-refractivity contribution is 6.89. The van der Waals surface area contributed by atoms with Gasteiger partial charge in [-0.3, -0.25) is 0 Å². The Morgan fingerprint density at radius 3 is 1.79 bits per heavy atom. The highest BCUT2D eigenvalue weighted by atomic mass is 15.2. The van der Waals surface area contributed by atoms with Gasteiger partial charge in [-0.25, -0.2) is 0 Å². The Hall–Kier alpha value is -7.82. The Balaban J connectivity index is 1.13. The lowest BCUT2D eigenvalue weighted by Crippen LogP contribution is -2.57. The Kier molecular flexibility index (Phi) is 8.81.